The van der Waals surface area contributed by atoms with Crippen LogP contribution in [0, 0.1) is 11.6 Å². The van der Waals surface area contributed by atoms with Crippen molar-refractivity contribution in [3.8, 4) is 11.5 Å². The number of aromatic nitrogens is 2. The molecule has 3 heterocycles. The number of nitrogens with zero attached hydrogens (tertiary/aromatic N) is 3. The molecule has 1 aromatic carbocycles. The summed E-state index contributed by atoms with van der Waals surface area (Å²) in [5.74, 6) is -1.33. The van der Waals surface area contributed by atoms with E-state index in [-0.39, 0.29) is 17.4 Å². The number of likely N-dealkylation sites (tertiary alicyclic amines) is 1. The Bertz CT molecular complexity index is 916. The number of carbonyl (C=O) groups is 1. The molecule has 26 heavy (non-hydrogen) atoms. The number of amides is 1. The van der Waals surface area contributed by atoms with Crippen LogP contribution in [0.25, 0.3) is 11.5 Å². The zero-order chi connectivity index (χ0) is 18.1. The number of hydrogen-bond acceptors (Lipinski definition) is 5. The second kappa shape index (κ2) is 6.70. The molecule has 0 unspecified atom stereocenters. The van der Waals surface area contributed by atoms with Crippen LogP contribution in [0.5, 0.6) is 0 Å². The first-order chi connectivity index (χ1) is 12.6. The highest BCUT2D eigenvalue weighted by Crippen LogP contribution is 2.30. The number of carbonyl (C=O) groups excluding carboxylic acids is 1. The Balaban J connectivity index is 1.41. The fourth-order valence-corrected chi connectivity index (χ4v) is 3.04. The van der Waals surface area contributed by atoms with Crippen LogP contribution in [0.4, 0.5) is 8.78 Å². The summed E-state index contributed by atoms with van der Waals surface area (Å²) in [7, 11) is 0. The molecule has 2 aromatic heterocycles. The fourth-order valence-electron chi connectivity index (χ4n) is 3.04. The van der Waals surface area contributed by atoms with E-state index in [1.54, 1.807) is 11.0 Å². The molecule has 1 aliphatic rings. The summed E-state index contributed by atoms with van der Waals surface area (Å²) in [6.07, 6.45) is 4.37. The lowest BCUT2D eigenvalue weighted by Gasteiger charge is -2.30. The fraction of sp³-hybridized carbons (Fsp3) is 0.278. The van der Waals surface area contributed by atoms with E-state index in [2.05, 4.69) is 10.2 Å². The molecule has 1 fully saturated rings. The van der Waals surface area contributed by atoms with Crippen LogP contribution in [0.15, 0.2) is 45.6 Å². The lowest BCUT2D eigenvalue weighted by Crippen LogP contribution is -2.38. The van der Waals surface area contributed by atoms with Gasteiger partial charge in [-0.1, -0.05) is 0 Å². The molecule has 0 spiro atoms. The molecule has 8 heteroatoms. The van der Waals surface area contributed by atoms with Gasteiger partial charge in [0.05, 0.1) is 11.8 Å². The number of piperidine rings is 1. The molecule has 4 rings (SSSR count). The summed E-state index contributed by atoms with van der Waals surface area (Å²) < 4.78 is 37.0. The standard InChI is InChI=1S/C18H15F2N3O3/c19-14-2-1-12(9-15(14)20)18(24)23-6-3-11(4-7-23)16-21-22-17(26-16)13-5-8-25-10-13/h1-2,5,8-11H,3-4,6-7H2. The van der Waals surface area contributed by atoms with Gasteiger partial charge in [-0.25, -0.2) is 8.78 Å². The van der Waals surface area contributed by atoms with E-state index >= 15 is 0 Å². The van der Waals surface area contributed by atoms with Crippen LogP contribution in [0.3, 0.4) is 0 Å². The molecule has 1 aliphatic heterocycles. The van der Waals surface area contributed by atoms with Gasteiger partial charge in [-0.3, -0.25) is 4.79 Å². The van der Waals surface area contributed by atoms with Gasteiger partial charge >= 0.3 is 0 Å². The molecule has 0 saturated carbocycles. The average molecular weight is 359 g/mol. The lowest BCUT2D eigenvalue weighted by atomic mass is 9.96. The normalized spacial score (nSPS) is 15.4. The van der Waals surface area contributed by atoms with Crippen molar-refractivity contribution < 1.29 is 22.4 Å². The third kappa shape index (κ3) is 3.10. The Kier molecular flexibility index (Phi) is 4.24. The Morgan fingerprint density at radius 2 is 1.92 bits per heavy atom. The van der Waals surface area contributed by atoms with E-state index in [4.69, 9.17) is 8.83 Å². The first-order valence-electron chi connectivity index (χ1n) is 8.22. The highest BCUT2D eigenvalue weighted by molar-refractivity contribution is 5.94. The largest absolute Gasteiger partial charge is 0.472 e. The number of hydrogen-bond donors (Lipinski definition) is 0. The monoisotopic (exact) mass is 359 g/mol. The molecule has 6 nitrogen and oxygen atoms in total. The van der Waals surface area contributed by atoms with E-state index < -0.39 is 11.6 Å². The minimum Gasteiger partial charge on any atom is -0.472 e. The zero-order valence-corrected chi connectivity index (χ0v) is 13.7. The summed E-state index contributed by atoms with van der Waals surface area (Å²) in [6.45, 7) is 0.956. The van der Waals surface area contributed by atoms with E-state index in [9.17, 15) is 13.6 Å². The maximum atomic E-state index is 13.3. The van der Waals surface area contributed by atoms with Crippen LogP contribution in [0.1, 0.15) is 35.0 Å². The van der Waals surface area contributed by atoms with Gasteiger partial charge in [-0.15, -0.1) is 10.2 Å². The summed E-state index contributed by atoms with van der Waals surface area (Å²) >= 11 is 0. The Hall–Kier alpha value is -3.03. The van der Waals surface area contributed by atoms with Crippen molar-refractivity contribution in [2.24, 2.45) is 0 Å². The number of rotatable bonds is 3. The predicted molar refractivity (Wildman–Crippen MR) is 86.2 cm³/mol. The van der Waals surface area contributed by atoms with Crippen LogP contribution in [-0.2, 0) is 0 Å². The number of halogens is 2. The Morgan fingerprint density at radius 1 is 1.12 bits per heavy atom. The van der Waals surface area contributed by atoms with E-state index in [0.717, 1.165) is 17.7 Å². The van der Waals surface area contributed by atoms with Crippen LogP contribution < -0.4 is 0 Å². The predicted octanol–water partition coefficient (Wildman–Crippen LogP) is 3.63. The summed E-state index contributed by atoms with van der Waals surface area (Å²) in [4.78, 5) is 14.1. The van der Waals surface area contributed by atoms with Crippen molar-refractivity contribution in [3.05, 3.63) is 59.9 Å². The molecule has 0 atom stereocenters. The van der Waals surface area contributed by atoms with Crippen LogP contribution in [0.2, 0.25) is 0 Å². The highest BCUT2D eigenvalue weighted by atomic mass is 19.2. The topological polar surface area (TPSA) is 72.4 Å². The summed E-state index contributed by atoms with van der Waals surface area (Å²) in [5, 5.41) is 8.11. The van der Waals surface area contributed by atoms with Crippen molar-refractivity contribution in [2.45, 2.75) is 18.8 Å². The van der Waals surface area contributed by atoms with Gasteiger partial charge in [0.2, 0.25) is 5.89 Å². The van der Waals surface area contributed by atoms with Gasteiger partial charge in [-0.05, 0) is 37.1 Å². The maximum Gasteiger partial charge on any atom is 0.253 e. The third-order valence-electron chi connectivity index (χ3n) is 4.51. The van der Waals surface area contributed by atoms with Gasteiger partial charge in [-0.2, -0.15) is 0 Å². The van der Waals surface area contributed by atoms with Crippen molar-refractivity contribution in [1.29, 1.82) is 0 Å². The molecular weight excluding hydrogens is 344 g/mol. The Labute approximate surface area is 147 Å². The van der Waals surface area contributed by atoms with Crippen molar-refractivity contribution >= 4 is 5.91 Å². The van der Waals surface area contributed by atoms with Crippen molar-refractivity contribution in [2.75, 3.05) is 13.1 Å². The Morgan fingerprint density at radius 3 is 2.62 bits per heavy atom. The maximum absolute atomic E-state index is 13.3. The lowest BCUT2D eigenvalue weighted by molar-refractivity contribution is 0.0706. The quantitative estimate of drug-likeness (QED) is 0.714. The summed E-state index contributed by atoms with van der Waals surface area (Å²) in [5.41, 5.74) is 0.858. The second-order valence-corrected chi connectivity index (χ2v) is 6.15. The summed E-state index contributed by atoms with van der Waals surface area (Å²) in [6, 6.07) is 4.92. The molecular formula is C18H15F2N3O3. The van der Waals surface area contributed by atoms with Crippen LogP contribution >= 0.6 is 0 Å². The van der Waals surface area contributed by atoms with Gasteiger partial charge in [0, 0.05) is 24.6 Å². The molecule has 0 bridgehead atoms. The molecule has 1 amide bonds. The molecule has 0 N–H and O–H groups in total. The van der Waals surface area contributed by atoms with E-state index in [1.807, 2.05) is 0 Å². The minimum absolute atomic E-state index is 0.0529. The van der Waals surface area contributed by atoms with E-state index in [1.165, 1.54) is 18.6 Å². The number of furan rings is 1. The first kappa shape index (κ1) is 16.4. The van der Waals surface area contributed by atoms with Gasteiger partial charge < -0.3 is 13.7 Å². The third-order valence-corrected chi connectivity index (χ3v) is 4.51. The van der Waals surface area contributed by atoms with Crippen LogP contribution in [-0.4, -0.2) is 34.1 Å². The first-order valence-corrected chi connectivity index (χ1v) is 8.22. The van der Waals surface area contributed by atoms with Gasteiger partial charge in [0.25, 0.3) is 11.8 Å². The molecule has 0 radical (unpaired) electrons. The zero-order valence-electron chi connectivity index (χ0n) is 13.7. The molecule has 3 aromatic rings. The smallest absolute Gasteiger partial charge is 0.253 e. The second-order valence-electron chi connectivity index (χ2n) is 6.15. The molecule has 1 saturated heterocycles. The molecule has 0 aliphatic carbocycles. The SMILES string of the molecule is O=C(c1ccc(F)c(F)c1)N1CCC(c2nnc(-c3ccoc3)o2)CC1. The van der Waals surface area contributed by atoms with E-state index in [0.29, 0.717) is 37.7 Å². The highest BCUT2D eigenvalue weighted by Gasteiger charge is 2.28. The number of benzene rings is 1. The van der Waals surface area contributed by atoms with Crippen molar-refractivity contribution in [1.82, 2.24) is 15.1 Å². The van der Waals surface area contributed by atoms with Gasteiger partial charge in [0.15, 0.2) is 11.6 Å². The molecule has 134 valence electrons. The average Bonchev–Trinajstić information content (AvgIpc) is 3.35. The minimum atomic E-state index is -1.02. The van der Waals surface area contributed by atoms with Gasteiger partial charge in [0.1, 0.15) is 6.26 Å². The van der Waals surface area contributed by atoms with Crippen molar-refractivity contribution in [3.63, 3.8) is 0 Å².